The van der Waals surface area contributed by atoms with E-state index < -0.39 is 11.9 Å². The molecule has 0 radical (unpaired) electrons. The van der Waals surface area contributed by atoms with Gasteiger partial charge in [-0.3, -0.25) is 14.4 Å². The first-order valence-electron chi connectivity index (χ1n) is 9.60. The van der Waals surface area contributed by atoms with Crippen molar-refractivity contribution in [2.75, 3.05) is 13.1 Å². The van der Waals surface area contributed by atoms with Crippen LogP contribution in [0.4, 0.5) is 0 Å². The number of carboxylic acids is 1. The number of thiophene rings is 1. The highest BCUT2D eigenvalue weighted by Crippen LogP contribution is 2.37. The summed E-state index contributed by atoms with van der Waals surface area (Å²) in [6.45, 7) is 2.62. The summed E-state index contributed by atoms with van der Waals surface area (Å²) in [5, 5.41) is 15.5. The number of carbonyl (C=O) groups excluding carboxylic acids is 2. The molecule has 3 rings (SSSR count). The number of rotatable bonds is 6. The van der Waals surface area contributed by atoms with Crippen molar-refractivity contribution < 1.29 is 19.5 Å². The lowest BCUT2D eigenvalue weighted by molar-refractivity contribution is -0.141. The molecule has 1 saturated heterocycles. The van der Waals surface area contributed by atoms with Gasteiger partial charge in [0, 0.05) is 31.1 Å². The van der Waals surface area contributed by atoms with Crippen molar-refractivity contribution in [1.82, 2.24) is 10.2 Å². The van der Waals surface area contributed by atoms with Gasteiger partial charge in [0.15, 0.2) is 0 Å². The Balaban J connectivity index is 1.55. The number of hydrogen-bond acceptors (Lipinski definition) is 4. The molecule has 0 aliphatic carbocycles. The lowest BCUT2D eigenvalue weighted by Crippen LogP contribution is -2.47. The maximum Gasteiger partial charge on any atom is 0.304 e. The molecule has 0 bridgehead atoms. The van der Waals surface area contributed by atoms with Gasteiger partial charge in [0.05, 0.1) is 21.2 Å². The second-order valence-electron chi connectivity index (χ2n) is 7.37. The molecule has 2 heterocycles. The number of likely N-dealkylation sites (tertiary alicyclic amines) is 1. The minimum atomic E-state index is -0.996. The molecule has 2 N–H and O–H groups in total. The van der Waals surface area contributed by atoms with E-state index in [0.717, 1.165) is 10.1 Å². The fraction of sp³-hybridized carbons (Fsp3) is 0.381. The first kappa shape index (κ1) is 22.6. The molecule has 1 aliphatic rings. The van der Waals surface area contributed by atoms with Crippen LogP contribution >= 0.6 is 34.5 Å². The average molecular weight is 469 g/mol. The SMILES string of the molecule is C[C@@H](CC(=O)O)C(=O)NC1CCN(C(=O)/C=C/c2cc3ccsc3c(Cl)c2Cl)CC1. The number of benzene rings is 1. The number of carboxylic acid groups (broad SMARTS) is 1. The summed E-state index contributed by atoms with van der Waals surface area (Å²) < 4.78 is 0.923. The fourth-order valence-electron chi connectivity index (χ4n) is 3.40. The molecule has 0 unspecified atom stereocenters. The predicted octanol–water partition coefficient (Wildman–Crippen LogP) is 4.44. The van der Waals surface area contributed by atoms with Crippen molar-refractivity contribution in [3.05, 3.63) is 39.2 Å². The number of hydrogen-bond donors (Lipinski definition) is 2. The Hall–Kier alpha value is -2.09. The molecule has 0 spiro atoms. The number of amides is 2. The van der Waals surface area contributed by atoms with Gasteiger partial charge in [0.25, 0.3) is 0 Å². The van der Waals surface area contributed by atoms with Crippen LogP contribution in [0.2, 0.25) is 10.0 Å². The number of fused-ring (bicyclic) bond motifs is 1. The molecule has 9 heteroatoms. The Morgan fingerprint density at radius 3 is 2.67 bits per heavy atom. The van der Waals surface area contributed by atoms with Gasteiger partial charge in [0.1, 0.15) is 0 Å². The van der Waals surface area contributed by atoms with Gasteiger partial charge < -0.3 is 15.3 Å². The number of nitrogens with one attached hydrogen (secondary N) is 1. The molecule has 0 saturated carbocycles. The van der Waals surface area contributed by atoms with Crippen molar-refractivity contribution in [3.8, 4) is 0 Å². The molecule has 2 amide bonds. The maximum atomic E-state index is 12.6. The summed E-state index contributed by atoms with van der Waals surface area (Å²) in [5.74, 6) is -1.97. The van der Waals surface area contributed by atoms with Crippen molar-refractivity contribution in [2.24, 2.45) is 5.92 Å². The molecule has 1 fully saturated rings. The second-order valence-corrected chi connectivity index (χ2v) is 9.05. The van der Waals surface area contributed by atoms with Crippen LogP contribution in [0.3, 0.4) is 0 Å². The van der Waals surface area contributed by atoms with Crippen LogP contribution in [0, 0.1) is 5.92 Å². The first-order valence-corrected chi connectivity index (χ1v) is 11.2. The van der Waals surface area contributed by atoms with Gasteiger partial charge in [-0.05, 0) is 47.4 Å². The van der Waals surface area contributed by atoms with Crippen LogP contribution in [-0.4, -0.2) is 46.9 Å². The van der Waals surface area contributed by atoms with E-state index in [9.17, 15) is 14.4 Å². The highest BCUT2D eigenvalue weighted by atomic mass is 35.5. The minimum Gasteiger partial charge on any atom is -0.481 e. The Labute approximate surface area is 188 Å². The molecular weight excluding hydrogens is 447 g/mol. The van der Waals surface area contributed by atoms with Gasteiger partial charge in [0.2, 0.25) is 11.8 Å². The normalized spacial score (nSPS) is 16.2. The molecular formula is C21H22Cl2N2O4S. The number of nitrogens with zero attached hydrogens (tertiary/aromatic N) is 1. The largest absolute Gasteiger partial charge is 0.481 e. The number of carbonyl (C=O) groups is 3. The van der Waals surface area contributed by atoms with Crippen LogP contribution in [0.1, 0.15) is 31.7 Å². The minimum absolute atomic E-state index is 0.0592. The molecule has 2 aromatic rings. The maximum absolute atomic E-state index is 12.6. The third-order valence-electron chi connectivity index (χ3n) is 5.14. The third kappa shape index (κ3) is 5.33. The number of halogens is 2. The van der Waals surface area contributed by atoms with Crippen molar-refractivity contribution in [2.45, 2.75) is 32.2 Å². The van der Waals surface area contributed by atoms with E-state index in [1.54, 1.807) is 17.9 Å². The lowest BCUT2D eigenvalue weighted by atomic mass is 10.0. The molecule has 1 atom stereocenters. The monoisotopic (exact) mass is 468 g/mol. The lowest BCUT2D eigenvalue weighted by Gasteiger charge is -2.32. The van der Waals surface area contributed by atoms with E-state index >= 15 is 0 Å². The topological polar surface area (TPSA) is 86.7 Å². The van der Waals surface area contributed by atoms with Gasteiger partial charge in [-0.2, -0.15) is 0 Å². The summed E-state index contributed by atoms with van der Waals surface area (Å²) in [7, 11) is 0. The fourth-order valence-corrected chi connectivity index (χ4v) is 4.84. The van der Waals surface area contributed by atoms with Crippen LogP contribution in [0.5, 0.6) is 0 Å². The van der Waals surface area contributed by atoms with Crippen molar-refractivity contribution in [1.29, 1.82) is 0 Å². The van der Waals surface area contributed by atoms with Gasteiger partial charge in [-0.15, -0.1) is 11.3 Å². The highest BCUT2D eigenvalue weighted by Gasteiger charge is 2.25. The second kappa shape index (κ2) is 9.81. The Morgan fingerprint density at radius 2 is 2.00 bits per heavy atom. The van der Waals surface area contributed by atoms with Crippen LogP contribution in [0.15, 0.2) is 23.6 Å². The zero-order chi connectivity index (χ0) is 21.8. The third-order valence-corrected chi connectivity index (χ3v) is 7.08. The van der Waals surface area contributed by atoms with Gasteiger partial charge in [-0.1, -0.05) is 30.1 Å². The van der Waals surface area contributed by atoms with E-state index in [0.29, 0.717) is 41.5 Å². The number of aliphatic carboxylic acids is 1. The summed E-state index contributed by atoms with van der Waals surface area (Å²) in [4.78, 5) is 37.1. The summed E-state index contributed by atoms with van der Waals surface area (Å²) in [5.41, 5.74) is 0.690. The summed E-state index contributed by atoms with van der Waals surface area (Å²) in [6, 6.07) is 3.80. The van der Waals surface area contributed by atoms with Gasteiger partial charge >= 0.3 is 5.97 Å². The van der Waals surface area contributed by atoms with Crippen LogP contribution in [0.25, 0.3) is 16.2 Å². The summed E-state index contributed by atoms with van der Waals surface area (Å²) >= 11 is 14.2. The Kier molecular flexibility index (Phi) is 7.39. The molecule has 1 aromatic carbocycles. The molecule has 1 aliphatic heterocycles. The van der Waals surface area contributed by atoms with E-state index in [4.69, 9.17) is 28.3 Å². The van der Waals surface area contributed by atoms with Gasteiger partial charge in [-0.25, -0.2) is 0 Å². The zero-order valence-electron chi connectivity index (χ0n) is 16.4. The molecule has 1 aromatic heterocycles. The molecule has 30 heavy (non-hydrogen) atoms. The smallest absolute Gasteiger partial charge is 0.304 e. The first-order chi connectivity index (χ1) is 14.3. The van der Waals surface area contributed by atoms with E-state index in [-0.39, 0.29) is 24.3 Å². The van der Waals surface area contributed by atoms with Crippen LogP contribution < -0.4 is 5.32 Å². The number of piperidine rings is 1. The average Bonchev–Trinajstić information content (AvgIpc) is 3.18. The zero-order valence-corrected chi connectivity index (χ0v) is 18.7. The standard InChI is InChI=1S/C21H22Cl2N2O4S/c1-12(10-17(27)28)21(29)24-15-4-7-25(8-5-15)16(26)3-2-13-11-14-6-9-30-20(14)19(23)18(13)22/h2-3,6,9,11-12,15H,4-5,7-8,10H2,1H3,(H,24,29)(H,27,28)/b3-2+/t12-/m0/s1. The van der Waals surface area contributed by atoms with E-state index in [1.165, 1.54) is 17.4 Å². The van der Waals surface area contributed by atoms with Crippen molar-refractivity contribution >= 4 is 68.5 Å². The van der Waals surface area contributed by atoms with Crippen LogP contribution in [-0.2, 0) is 14.4 Å². The predicted molar refractivity (Wildman–Crippen MR) is 120 cm³/mol. The van der Waals surface area contributed by atoms with E-state index in [1.807, 2.05) is 17.5 Å². The van der Waals surface area contributed by atoms with E-state index in [2.05, 4.69) is 5.32 Å². The van der Waals surface area contributed by atoms with Crippen molar-refractivity contribution in [3.63, 3.8) is 0 Å². The molecule has 160 valence electrons. The summed E-state index contributed by atoms with van der Waals surface area (Å²) in [6.07, 6.45) is 4.22. The Bertz CT molecular complexity index is 996. The molecule has 6 nitrogen and oxygen atoms in total. The Morgan fingerprint density at radius 1 is 1.30 bits per heavy atom. The highest BCUT2D eigenvalue weighted by molar-refractivity contribution is 7.18. The quantitative estimate of drug-likeness (QED) is 0.613.